The average Bonchev–Trinajstić information content (AvgIpc) is 2.33. The van der Waals surface area contributed by atoms with Crippen LogP contribution < -0.4 is 0 Å². The van der Waals surface area contributed by atoms with Crippen LogP contribution in [-0.4, -0.2) is 30.3 Å². The summed E-state index contributed by atoms with van der Waals surface area (Å²) in [5.41, 5.74) is 0.543. The average molecular weight is 255 g/mol. The summed E-state index contributed by atoms with van der Waals surface area (Å²) in [6.07, 6.45) is 11.6. The Morgan fingerprint density at radius 2 is 1.82 bits per heavy atom. The molecule has 0 bridgehead atoms. The van der Waals surface area contributed by atoms with Crippen molar-refractivity contribution in [3.05, 3.63) is 0 Å². The zero-order valence-electron chi connectivity index (χ0n) is 11.5. The molecule has 0 heterocycles. The summed E-state index contributed by atoms with van der Waals surface area (Å²) >= 11 is 4.66. The van der Waals surface area contributed by atoms with Gasteiger partial charge < -0.3 is 4.90 Å². The van der Waals surface area contributed by atoms with Gasteiger partial charge in [0.05, 0.1) is 0 Å². The second kappa shape index (κ2) is 6.47. The lowest BCUT2D eigenvalue weighted by Gasteiger charge is -2.42. The number of thiol groups is 1. The van der Waals surface area contributed by atoms with Gasteiger partial charge in [0.1, 0.15) is 0 Å². The van der Waals surface area contributed by atoms with Gasteiger partial charge in [-0.05, 0) is 49.3 Å². The molecule has 0 spiro atoms. The number of rotatable bonds is 6. The number of nitrogens with zero attached hydrogens (tertiary/aromatic N) is 1. The van der Waals surface area contributed by atoms with Gasteiger partial charge in [-0.25, -0.2) is 0 Å². The van der Waals surface area contributed by atoms with Crippen molar-refractivity contribution in [2.24, 2.45) is 11.3 Å². The molecule has 0 radical (unpaired) electrons. The van der Waals surface area contributed by atoms with Crippen molar-refractivity contribution >= 4 is 12.6 Å². The van der Waals surface area contributed by atoms with Crippen LogP contribution in [0.2, 0.25) is 0 Å². The van der Waals surface area contributed by atoms with Crippen LogP contribution in [0.5, 0.6) is 0 Å². The second-order valence-electron chi connectivity index (χ2n) is 6.34. The first-order chi connectivity index (χ1) is 8.28. The fourth-order valence-corrected chi connectivity index (χ4v) is 3.90. The smallest absolute Gasteiger partial charge is 0.00458 e. The molecule has 100 valence electrons. The van der Waals surface area contributed by atoms with Gasteiger partial charge in [-0.1, -0.05) is 32.6 Å². The Hall–Kier alpha value is 0.310. The van der Waals surface area contributed by atoms with Crippen LogP contribution >= 0.6 is 12.6 Å². The molecule has 0 atom stereocenters. The summed E-state index contributed by atoms with van der Waals surface area (Å²) in [7, 11) is 0. The zero-order chi connectivity index (χ0) is 12.1. The first kappa shape index (κ1) is 13.7. The van der Waals surface area contributed by atoms with Crippen molar-refractivity contribution in [3.8, 4) is 0 Å². The van der Waals surface area contributed by atoms with E-state index in [0.29, 0.717) is 5.41 Å². The van der Waals surface area contributed by atoms with E-state index in [2.05, 4.69) is 24.5 Å². The SMILES string of the molecule is CCN(CC1CCC1)CC1(CS)CCCCC1. The molecule has 2 heteroatoms. The molecule has 0 N–H and O–H groups in total. The fourth-order valence-electron chi connectivity index (χ4n) is 3.49. The highest BCUT2D eigenvalue weighted by molar-refractivity contribution is 7.80. The summed E-state index contributed by atoms with van der Waals surface area (Å²) < 4.78 is 0. The normalized spacial score (nSPS) is 24.9. The van der Waals surface area contributed by atoms with Crippen LogP contribution in [0.1, 0.15) is 58.3 Å². The van der Waals surface area contributed by atoms with E-state index < -0.39 is 0 Å². The summed E-state index contributed by atoms with van der Waals surface area (Å²) in [5, 5.41) is 0. The first-order valence-electron chi connectivity index (χ1n) is 7.61. The molecule has 2 saturated carbocycles. The van der Waals surface area contributed by atoms with Crippen molar-refractivity contribution < 1.29 is 0 Å². The topological polar surface area (TPSA) is 3.24 Å². The van der Waals surface area contributed by atoms with Gasteiger partial charge in [0, 0.05) is 13.1 Å². The van der Waals surface area contributed by atoms with Gasteiger partial charge in [-0.3, -0.25) is 0 Å². The third kappa shape index (κ3) is 3.64. The van der Waals surface area contributed by atoms with Crippen molar-refractivity contribution in [1.29, 1.82) is 0 Å². The number of hydrogen-bond donors (Lipinski definition) is 1. The minimum atomic E-state index is 0.543. The molecule has 17 heavy (non-hydrogen) atoms. The minimum Gasteiger partial charge on any atom is -0.303 e. The van der Waals surface area contributed by atoms with Crippen molar-refractivity contribution in [1.82, 2.24) is 4.90 Å². The van der Waals surface area contributed by atoms with E-state index in [1.54, 1.807) is 0 Å². The van der Waals surface area contributed by atoms with Crippen LogP contribution in [0, 0.1) is 11.3 Å². The van der Waals surface area contributed by atoms with Crippen LogP contribution in [0.4, 0.5) is 0 Å². The Morgan fingerprint density at radius 1 is 1.12 bits per heavy atom. The molecular weight excluding hydrogens is 226 g/mol. The van der Waals surface area contributed by atoms with Crippen molar-refractivity contribution in [3.63, 3.8) is 0 Å². The fraction of sp³-hybridized carbons (Fsp3) is 1.00. The van der Waals surface area contributed by atoms with Gasteiger partial charge in [0.15, 0.2) is 0 Å². The van der Waals surface area contributed by atoms with Gasteiger partial charge in [0.25, 0.3) is 0 Å². The lowest BCUT2D eigenvalue weighted by Crippen LogP contribution is -2.43. The second-order valence-corrected chi connectivity index (χ2v) is 6.66. The third-order valence-corrected chi connectivity index (χ3v) is 5.67. The molecule has 0 aromatic heterocycles. The van der Waals surface area contributed by atoms with Gasteiger partial charge in [-0.15, -0.1) is 0 Å². The molecule has 0 amide bonds. The third-order valence-electron chi connectivity index (χ3n) is 5.00. The zero-order valence-corrected chi connectivity index (χ0v) is 12.4. The predicted molar refractivity (Wildman–Crippen MR) is 78.8 cm³/mol. The maximum absolute atomic E-state index is 4.66. The first-order valence-corrected chi connectivity index (χ1v) is 8.24. The lowest BCUT2D eigenvalue weighted by molar-refractivity contribution is 0.101. The van der Waals surface area contributed by atoms with E-state index in [1.807, 2.05) is 0 Å². The monoisotopic (exact) mass is 255 g/mol. The molecule has 0 aliphatic heterocycles. The Kier molecular flexibility index (Phi) is 5.23. The molecule has 0 unspecified atom stereocenters. The van der Waals surface area contributed by atoms with E-state index in [1.165, 1.54) is 71.0 Å². The predicted octanol–water partition coefficient (Wildman–Crippen LogP) is 3.99. The van der Waals surface area contributed by atoms with Gasteiger partial charge in [0.2, 0.25) is 0 Å². The van der Waals surface area contributed by atoms with E-state index >= 15 is 0 Å². The van der Waals surface area contributed by atoms with E-state index in [4.69, 9.17) is 0 Å². The molecule has 2 aliphatic rings. The van der Waals surface area contributed by atoms with Gasteiger partial charge in [-0.2, -0.15) is 12.6 Å². The highest BCUT2D eigenvalue weighted by Gasteiger charge is 2.33. The van der Waals surface area contributed by atoms with Crippen LogP contribution in [0.15, 0.2) is 0 Å². The Labute approximate surface area is 113 Å². The maximum atomic E-state index is 4.66. The van der Waals surface area contributed by atoms with Crippen LogP contribution in [0.3, 0.4) is 0 Å². The Bertz CT molecular complexity index is 219. The highest BCUT2D eigenvalue weighted by Crippen LogP contribution is 2.38. The molecule has 2 aliphatic carbocycles. The molecule has 0 saturated heterocycles. The van der Waals surface area contributed by atoms with E-state index in [9.17, 15) is 0 Å². The summed E-state index contributed by atoms with van der Waals surface area (Å²) in [6, 6.07) is 0. The highest BCUT2D eigenvalue weighted by atomic mass is 32.1. The quantitative estimate of drug-likeness (QED) is 0.702. The molecule has 2 rings (SSSR count). The van der Waals surface area contributed by atoms with Crippen molar-refractivity contribution in [2.45, 2.75) is 58.3 Å². The summed E-state index contributed by atoms with van der Waals surface area (Å²) in [5.74, 6) is 2.10. The standard InChI is InChI=1S/C15H29NS/c1-2-16(11-14-7-6-8-14)12-15(13-17)9-4-3-5-10-15/h14,17H,2-13H2,1H3. The van der Waals surface area contributed by atoms with Crippen LogP contribution in [0.25, 0.3) is 0 Å². The molecule has 2 fully saturated rings. The van der Waals surface area contributed by atoms with E-state index in [0.717, 1.165) is 11.7 Å². The largest absolute Gasteiger partial charge is 0.303 e. The van der Waals surface area contributed by atoms with Crippen molar-refractivity contribution in [2.75, 3.05) is 25.4 Å². The molecule has 1 nitrogen and oxygen atoms in total. The summed E-state index contributed by atoms with van der Waals surface area (Å²) in [4.78, 5) is 2.71. The minimum absolute atomic E-state index is 0.543. The molecule has 0 aromatic rings. The maximum Gasteiger partial charge on any atom is 0.00458 e. The molecular formula is C15H29NS. The summed E-state index contributed by atoms with van der Waals surface area (Å²) in [6.45, 7) is 6.22. The van der Waals surface area contributed by atoms with Gasteiger partial charge >= 0.3 is 0 Å². The van der Waals surface area contributed by atoms with Crippen LogP contribution in [-0.2, 0) is 0 Å². The molecule has 0 aromatic carbocycles. The number of hydrogen-bond acceptors (Lipinski definition) is 2. The Balaban J connectivity index is 1.85. The Morgan fingerprint density at radius 3 is 2.29 bits per heavy atom. The van der Waals surface area contributed by atoms with E-state index in [-0.39, 0.29) is 0 Å². The lowest BCUT2D eigenvalue weighted by atomic mass is 9.74.